The van der Waals surface area contributed by atoms with Crippen molar-refractivity contribution in [3.63, 3.8) is 0 Å². The number of unbranched alkanes of at least 4 members (excludes halogenated alkanes) is 18. The van der Waals surface area contributed by atoms with Crippen LogP contribution in [0.25, 0.3) is 0 Å². The summed E-state index contributed by atoms with van der Waals surface area (Å²) in [6.45, 7) is 4.72. The van der Waals surface area contributed by atoms with Gasteiger partial charge in [-0.1, -0.05) is 141 Å². The first-order valence-corrected chi connectivity index (χ1v) is 20.2. The molecule has 0 rings (SSSR count). The molecule has 8 nitrogen and oxygen atoms in total. The maximum absolute atomic E-state index is 12.7. The van der Waals surface area contributed by atoms with Gasteiger partial charge in [0.2, 0.25) is 5.91 Å². The average Bonchev–Trinajstić information content (AvgIpc) is 2.99. The van der Waals surface area contributed by atoms with Gasteiger partial charge in [-0.25, -0.2) is 4.57 Å². The van der Waals surface area contributed by atoms with E-state index in [1.54, 1.807) is 6.08 Å². The molecule has 0 saturated carbocycles. The van der Waals surface area contributed by atoms with Crippen LogP contribution in [0, 0.1) is 0 Å². The van der Waals surface area contributed by atoms with Gasteiger partial charge in [-0.2, -0.15) is 0 Å². The van der Waals surface area contributed by atoms with Crippen molar-refractivity contribution >= 4 is 13.7 Å². The fourth-order valence-electron chi connectivity index (χ4n) is 5.11. The predicted octanol–water partition coefficient (Wildman–Crippen LogP) is 9.41. The number of nitrogens with one attached hydrogen (secondary N) is 1. The van der Waals surface area contributed by atoms with Crippen LogP contribution in [0.1, 0.15) is 155 Å². The van der Waals surface area contributed by atoms with Crippen LogP contribution in [-0.4, -0.2) is 73.4 Å². The van der Waals surface area contributed by atoms with Crippen molar-refractivity contribution in [2.75, 3.05) is 40.9 Å². The molecule has 0 fully saturated rings. The molecule has 3 atom stereocenters. The maximum atomic E-state index is 12.7. The molecule has 0 saturated heterocycles. The molecule has 0 bridgehead atoms. The third kappa shape index (κ3) is 31.6. The Morgan fingerprint density at radius 1 is 0.717 bits per heavy atom. The Kier molecular flexibility index (Phi) is 29.4. The van der Waals surface area contributed by atoms with Gasteiger partial charge in [0.25, 0.3) is 0 Å². The molecule has 0 radical (unpaired) electrons. The molecule has 1 amide bonds. The number of aliphatic hydroxyl groups excluding tert-OH is 1. The molecule has 0 aromatic rings. The lowest BCUT2D eigenvalue weighted by atomic mass is 10.0. The van der Waals surface area contributed by atoms with Gasteiger partial charge in [-0.15, -0.1) is 0 Å². The number of carbonyl (C=O) groups excluding carboxylic acids is 1. The third-order valence-electron chi connectivity index (χ3n) is 8.17. The van der Waals surface area contributed by atoms with Crippen molar-refractivity contribution in [1.82, 2.24) is 5.32 Å². The van der Waals surface area contributed by atoms with E-state index < -0.39 is 20.0 Å². The summed E-state index contributed by atoms with van der Waals surface area (Å²) in [5.41, 5.74) is 0. The van der Waals surface area contributed by atoms with Crippen LogP contribution >= 0.6 is 7.82 Å². The van der Waals surface area contributed by atoms with E-state index in [0.29, 0.717) is 17.4 Å². The van der Waals surface area contributed by atoms with Gasteiger partial charge in [0.05, 0.1) is 39.9 Å². The van der Waals surface area contributed by atoms with E-state index in [2.05, 4.69) is 31.3 Å². The first-order valence-electron chi connectivity index (χ1n) is 18.7. The lowest BCUT2D eigenvalue weighted by molar-refractivity contribution is -0.870. The second-order valence-electron chi connectivity index (χ2n) is 13.9. The van der Waals surface area contributed by atoms with Gasteiger partial charge in [0.1, 0.15) is 13.2 Å². The monoisotopic (exact) mass is 674 g/mol. The Balaban J connectivity index is 4.49. The summed E-state index contributed by atoms with van der Waals surface area (Å²) >= 11 is 0. The Labute approximate surface area is 284 Å². The van der Waals surface area contributed by atoms with Crippen molar-refractivity contribution in [2.45, 2.75) is 167 Å². The standard InChI is InChI=1S/C37H73N2O6P/c1-6-8-10-12-14-16-17-18-19-20-21-23-25-27-29-31-37(41)38-35(34-45-46(42,43)44-33-32-39(3,4)5)36(40)30-28-26-24-22-15-13-11-9-7-2/h15,22,28,30,35-36,40H,6-14,16-21,23-27,29,31-34H2,1-5H3,(H-,38,41,42,43)/p+1/b22-15+,30-28+. The maximum Gasteiger partial charge on any atom is 0.472 e. The first kappa shape index (κ1) is 45.0. The number of hydrogen-bond acceptors (Lipinski definition) is 5. The average molecular weight is 674 g/mol. The molecule has 0 heterocycles. The molecule has 0 spiro atoms. The fraction of sp³-hybridized carbons (Fsp3) is 0.865. The Hall–Kier alpha value is -1.02. The minimum absolute atomic E-state index is 0.0575. The number of rotatable bonds is 33. The summed E-state index contributed by atoms with van der Waals surface area (Å²) < 4.78 is 23.4. The topological polar surface area (TPSA) is 105 Å². The fourth-order valence-corrected chi connectivity index (χ4v) is 5.85. The van der Waals surface area contributed by atoms with Crippen molar-refractivity contribution in [3.8, 4) is 0 Å². The van der Waals surface area contributed by atoms with Crippen LogP contribution in [0.3, 0.4) is 0 Å². The molecule has 46 heavy (non-hydrogen) atoms. The predicted molar refractivity (Wildman–Crippen MR) is 194 cm³/mol. The van der Waals surface area contributed by atoms with Gasteiger partial charge in [0.15, 0.2) is 0 Å². The van der Waals surface area contributed by atoms with Gasteiger partial charge in [-0.05, 0) is 32.1 Å². The molecule has 3 N–H and O–H groups in total. The minimum atomic E-state index is -4.33. The molecule has 0 aliphatic carbocycles. The van der Waals surface area contributed by atoms with E-state index in [0.717, 1.165) is 38.5 Å². The number of nitrogens with zero attached hydrogens (tertiary/aromatic N) is 1. The number of carbonyl (C=O) groups is 1. The molecular formula is C37H74N2O6P+. The minimum Gasteiger partial charge on any atom is -0.387 e. The second-order valence-corrected chi connectivity index (χ2v) is 15.4. The van der Waals surface area contributed by atoms with Crippen LogP contribution < -0.4 is 5.32 Å². The van der Waals surface area contributed by atoms with E-state index in [9.17, 15) is 19.4 Å². The van der Waals surface area contributed by atoms with Crippen LogP contribution in [0.2, 0.25) is 0 Å². The third-order valence-corrected chi connectivity index (χ3v) is 9.16. The van der Waals surface area contributed by atoms with Crippen molar-refractivity contribution in [3.05, 3.63) is 24.3 Å². The molecule has 3 unspecified atom stereocenters. The number of phosphoric ester groups is 1. The molecule has 0 aliphatic heterocycles. The molecule has 0 aliphatic rings. The van der Waals surface area contributed by atoms with Crippen LogP contribution in [0.4, 0.5) is 0 Å². The zero-order valence-electron chi connectivity index (χ0n) is 30.6. The summed E-state index contributed by atoms with van der Waals surface area (Å²) in [5.74, 6) is -0.190. The van der Waals surface area contributed by atoms with Gasteiger partial charge in [-0.3, -0.25) is 13.8 Å². The summed E-state index contributed by atoms with van der Waals surface area (Å²) in [6.07, 6.45) is 32.5. The van der Waals surface area contributed by atoms with E-state index in [4.69, 9.17) is 9.05 Å². The first-order chi connectivity index (χ1) is 22.0. The van der Waals surface area contributed by atoms with Gasteiger partial charge >= 0.3 is 7.82 Å². The number of likely N-dealkylation sites (N-methyl/N-ethyl adjacent to an activating group) is 1. The number of hydrogen-bond donors (Lipinski definition) is 3. The number of allylic oxidation sites excluding steroid dienone is 3. The van der Waals surface area contributed by atoms with Gasteiger partial charge in [0, 0.05) is 6.42 Å². The van der Waals surface area contributed by atoms with E-state index in [-0.39, 0.29) is 19.1 Å². The highest BCUT2D eigenvalue weighted by atomic mass is 31.2. The Bertz CT molecular complexity index is 814. The van der Waals surface area contributed by atoms with Crippen LogP contribution in [0.15, 0.2) is 24.3 Å². The quantitative estimate of drug-likeness (QED) is 0.0278. The SMILES string of the molecule is CCCCC/C=C/CC/C=C/C(O)C(COP(=O)(O)OCC[N+](C)(C)C)NC(=O)CCCCCCCCCCCCCCCCC. The molecule has 272 valence electrons. The van der Waals surface area contributed by atoms with Crippen molar-refractivity contribution < 1.29 is 32.9 Å². The lowest BCUT2D eigenvalue weighted by Gasteiger charge is -2.25. The zero-order chi connectivity index (χ0) is 34.4. The molecular weight excluding hydrogens is 599 g/mol. The molecule has 9 heteroatoms. The lowest BCUT2D eigenvalue weighted by Crippen LogP contribution is -2.45. The molecule has 0 aromatic heterocycles. The Morgan fingerprint density at radius 2 is 1.20 bits per heavy atom. The summed E-state index contributed by atoms with van der Waals surface area (Å²) in [4.78, 5) is 22.9. The zero-order valence-corrected chi connectivity index (χ0v) is 31.5. The number of amides is 1. The highest BCUT2D eigenvalue weighted by Crippen LogP contribution is 2.43. The summed E-state index contributed by atoms with van der Waals surface area (Å²) in [7, 11) is 1.55. The van der Waals surface area contributed by atoms with Crippen LogP contribution in [0.5, 0.6) is 0 Å². The van der Waals surface area contributed by atoms with Crippen molar-refractivity contribution in [1.29, 1.82) is 0 Å². The normalized spacial score (nSPS) is 15.0. The van der Waals surface area contributed by atoms with Crippen molar-refractivity contribution in [2.24, 2.45) is 0 Å². The largest absolute Gasteiger partial charge is 0.472 e. The second kappa shape index (κ2) is 30.1. The Morgan fingerprint density at radius 3 is 1.74 bits per heavy atom. The number of quaternary nitrogens is 1. The molecule has 0 aromatic carbocycles. The highest BCUT2D eigenvalue weighted by Gasteiger charge is 2.27. The van der Waals surface area contributed by atoms with Gasteiger partial charge < -0.3 is 19.8 Å². The summed E-state index contributed by atoms with van der Waals surface area (Å²) in [6, 6.07) is -0.854. The van der Waals surface area contributed by atoms with Crippen LogP contribution in [-0.2, 0) is 18.4 Å². The number of phosphoric acid groups is 1. The van der Waals surface area contributed by atoms with E-state index >= 15 is 0 Å². The highest BCUT2D eigenvalue weighted by molar-refractivity contribution is 7.47. The summed E-state index contributed by atoms with van der Waals surface area (Å²) in [5, 5.41) is 13.7. The van der Waals surface area contributed by atoms with E-state index in [1.165, 1.54) is 96.3 Å². The smallest absolute Gasteiger partial charge is 0.387 e. The van der Waals surface area contributed by atoms with E-state index in [1.807, 2.05) is 27.2 Å². The number of aliphatic hydroxyl groups is 1.